The van der Waals surface area contributed by atoms with Gasteiger partial charge in [-0.15, -0.1) is 6.58 Å². The molecule has 2 aromatic rings. The zero-order valence-corrected chi connectivity index (χ0v) is 18.1. The van der Waals surface area contributed by atoms with Gasteiger partial charge in [0.2, 0.25) is 0 Å². The smallest absolute Gasteiger partial charge is 0.134 e. The van der Waals surface area contributed by atoms with Gasteiger partial charge in [-0.25, -0.2) is 4.39 Å². The largest absolute Gasteiger partial charge is 0.206 e. The van der Waals surface area contributed by atoms with Crippen LogP contribution in [0.15, 0.2) is 43.0 Å². The molecule has 4 rings (SSSR count). The molecule has 0 spiro atoms. The summed E-state index contributed by atoms with van der Waals surface area (Å²) >= 11 is 0. The molecule has 156 valence electrons. The molecule has 0 unspecified atom stereocenters. The number of hydrogen-bond acceptors (Lipinski definition) is 0. The van der Waals surface area contributed by atoms with Crippen LogP contribution in [-0.4, -0.2) is 0 Å². The summed E-state index contributed by atoms with van der Waals surface area (Å²) in [7, 11) is 0. The molecule has 2 aliphatic rings. The highest BCUT2D eigenvalue weighted by molar-refractivity contribution is 5.84. The van der Waals surface area contributed by atoms with Crippen molar-refractivity contribution in [1.82, 2.24) is 0 Å². The third-order valence-corrected chi connectivity index (χ3v) is 8.05. The van der Waals surface area contributed by atoms with Crippen molar-refractivity contribution in [2.24, 2.45) is 17.8 Å². The molecule has 0 N–H and O–H groups in total. The molecule has 0 amide bonds. The summed E-state index contributed by atoms with van der Waals surface area (Å²) < 4.78 is 14.8. The average Bonchev–Trinajstić information content (AvgIpc) is 2.78. The number of benzene rings is 2. The van der Waals surface area contributed by atoms with Gasteiger partial charge in [-0.2, -0.15) is 0 Å². The highest BCUT2D eigenvalue weighted by atomic mass is 19.1. The Balaban J connectivity index is 1.40. The quantitative estimate of drug-likeness (QED) is 0.432. The van der Waals surface area contributed by atoms with Crippen molar-refractivity contribution in [2.75, 3.05) is 0 Å². The SMILES string of the molecule is C=CCCc1ccc2cc(C3CCC(C4CCC(CC)CC4)CC3)ccc2c1F. The first kappa shape index (κ1) is 20.6. The normalized spacial score (nSPS) is 27.8. The monoisotopic (exact) mass is 392 g/mol. The average molecular weight is 393 g/mol. The molecule has 0 heterocycles. The summed E-state index contributed by atoms with van der Waals surface area (Å²) in [5.74, 6) is 3.55. The maximum absolute atomic E-state index is 14.8. The lowest BCUT2D eigenvalue weighted by Gasteiger charge is -2.38. The van der Waals surface area contributed by atoms with Gasteiger partial charge >= 0.3 is 0 Å². The number of aryl methyl sites for hydroxylation is 1. The highest BCUT2D eigenvalue weighted by Gasteiger charge is 2.31. The number of hydrogen-bond donors (Lipinski definition) is 0. The molecule has 2 aliphatic carbocycles. The van der Waals surface area contributed by atoms with E-state index in [2.05, 4.69) is 31.7 Å². The molecule has 0 aliphatic heterocycles. The summed E-state index contributed by atoms with van der Waals surface area (Å²) in [6.45, 7) is 6.11. The molecule has 2 aromatic carbocycles. The Morgan fingerprint density at radius 1 is 0.931 bits per heavy atom. The second-order valence-corrected chi connectivity index (χ2v) is 9.65. The Hall–Kier alpha value is -1.63. The maximum Gasteiger partial charge on any atom is 0.134 e. The molecule has 0 atom stereocenters. The van der Waals surface area contributed by atoms with E-state index in [0.29, 0.717) is 5.92 Å². The lowest BCUT2D eigenvalue weighted by atomic mass is 9.68. The van der Waals surface area contributed by atoms with E-state index in [1.165, 1.54) is 63.4 Å². The predicted molar refractivity (Wildman–Crippen MR) is 123 cm³/mol. The molecule has 2 fully saturated rings. The number of fused-ring (bicyclic) bond motifs is 1. The van der Waals surface area contributed by atoms with Crippen LogP contribution in [-0.2, 0) is 6.42 Å². The van der Waals surface area contributed by atoms with Crippen LogP contribution in [0.25, 0.3) is 10.8 Å². The first-order valence-corrected chi connectivity index (χ1v) is 12.0. The van der Waals surface area contributed by atoms with Crippen LogP contribution in [0.1, 0.15) is 88.2 Å². The molecule has 2 saturated carbocycles. The minimum atomic E-state index is -0.0395. The fourth-order valence-electron chi connectivity index (χ4n) is 6.05. The second kappa shape index (κ2) is 9.45. The maximum atomic E-state index is 14.8. The van der Waals surface area contributed by atoms with Gasteiger partial charge in [-0.05, 0) is 91.6 Å². The van der Waals surface area contributed by atoms with Crippen molar-refractivity contribution >= 4 is 10.8 Å². The lowest BCUT2D eigenvalue weighted by Crippen LogP contribution is -2.25. The van der Waals surface area contributed by atoms with Crippen LogP contribution < -0.4 is 0 Å². The van der Waals surface area contributed by atoms with Crippen molar-refractivity contribution in [3.05, 3.63) is 59.9 Å². The first-order valence-electron chi connectivity index (χ1n) is 12.0. The van der Waals surface area contributed by atoms with Gasteiger partial charge in [0.15, 0.2) is 0 Å². The zero-order valence-electron chi connectivity index (χ0n) is 18.1. The van der Waals surface area contributed by atoms with Gasteiger partial charge in [-0.1, -0.05) is 62.6 Å². The summed E-state index contributed by atoms with van der Waals surface area (Å²) in [4.78, 5) is 0. The summed E-state index contributed by atoms with van der Waals surface area (Å²) in [5, 5.41) is 1.83. The van der Waals surface area contributed by atoms with Gasteiger partial charge in [-0.3, -0.25) is 0 Å². The Morgan fingerprint density at radius 3 is 2.28 bits per heavy atom. The summed E-state index contributed by atoms with van der Waals surface area (Å²) in [6.07, 6.45) is 16.1. The topological polar surface area (TPSA) is 0 Å². The minimum Gasteiger partial charge on any atom is -0.206 e. The number of rotatable bonds is 6. The molecule has 0 nitrogen and oxygen atoms in total. The molecule has 0 aromatic heterocycles. The molecule has 1 heteroatoms. The Morgan fingerprint density at radius 2 is 1.62 bits per heavy atom. The van der Waals surface area contributed by atoms with Crippen molar-refractivity contribution < 1.29 is 4.39 Å². The van der Waals surface area contributed by atoms with E-state index in [-0.39, 0.29) is 5.82 Å². The molecular formula is C28H37F. The van der Waals surface area contributed by atoms with E-state index in [0.717, 1.165) is 46.9 Å². The molecular weight excluding hydrogens is 355 g/mol. The third kappa shape index (κ3) is 4.60. The van der Waals surface area contributed by atoms with E-state index in [9.17, 15) is 4.39 Å². The predicted octanol–water partition coefficient (Wildman–Crippen LogP) is 8.59. The summed E-state index contributed by atoms with van der Waals surface area (Å²) in [5.41, 5.74) is 2.23. The zero-order chi connectivity index (χ0) is 20.2. The van der Waals surface area contributed by atoms with E-state index in [4.69, 9.17) is 0 Å². The van der Waals surface area contributed by atoms with E-state index in [1.807, 2.05) is 18.2 Å². The van der Waals surface area contributed by atoms with Crippen molar-refractivity contribution in [1.29, 1.82) is 0 Å². The van der Waals surface area contributed by atoms with Gasteiger partial charge in [0.25, 0.3) is 0 Å². The molecule has 0 bridgehead atoms. The highest BCUT2D eigenvalue weighted by Crippen LogP contribution is 2.44. The van der Waals surface area contributed by atoms with Gasteiger partial charge < -0.3 is 0 Å². The Kier molecular flexibility index (Phi) is 6.73. The van der Waals surface area contributed by atoms with Crippen molar-refractivity contribution in [3.8, 4) is 0 Å². The fourth-order valence-corrected chi connectivity index (χ4v) is 6.05. The van der Waals surface area contributed by atoms with Crippen LogP contribution in [0.3, 0.4) is 0 Å². The van der Waals surface area contributed by atoms with Crippen LogP contribution in [0, 0.1) is 23.6 Å². The second-order valence-electron chi connectivity index (χ2n) is 9.65. The molecule has 29 heavy (non-hydrogen) atoms. The first-order chi connectivity index (χ1) is 14.2. The third-order valence-electron chi connectivity index (χ3n) is 8.05. The molecule has 0 radical (unpaired) electrons. The van der Waals surface area contributed by atoms with Gasteiger partial charge in [0.05, 0.1) is 0 Å². The van der Waals surface area contributed by atoms with E-state index in [1.54, 1.807) is 0 Å². The number of halogens is 1. The standard InChI is InChI=1S/C28H37F/c1-3-5-6-24-15-16-26-19-25(17-18-27(26)28(24)29)23-13-11-22(12-14-23)21-9-7-20(4-2)8-10-21/h3,15-23H,1,4-14H2,2H3. The molecule has 0 saturated heterocycles. The van der Waals surface area contributed by atoms with Crippen LogP contribution in [0.4, 0.5) is 4.39 Å². The van der Waals surface area contributed by atoms with Crippen molar-refractivity contribution in [2.45, 2.75) is 83.5 Å². The lowest BCUT2D eigenvalue weighted by molar-refractivity contribution is 0.158. The van der Waals surface area contributed by atoms with Gasteiger partial charge in [0.1, 0.15) is 5.82 Å². The Bertz CT molecular complexity index is 820. The van der Waals surface area contributed by atoms with Crippen molar-refractivity contribution in [3.63, 3.8) is 0 Å². The number of allylic oxidation sites excluding steroid dienone is 1. The van der Waals surface area contributed by atoms with Crippen LogP contribution in [0.5, 0.6) is 0 Å². The minimum absolute atomic E-state index is 0.0395. The van der Waals surface area contributed by atoms with E-state index < -0.39 is 0 Å². The van der Waals surface area contributed by atoms with Crippen LogP contribution >= 0.6 is 0 Å². The van der Waals surface area contributed by atoms with E-state index >= 15 is 0 Å². The van der Waals surface area contributed by atoms with Gasteiger partial charge in [0, 0.05) is 5.39 Å². The fraction of sp³-hybridized carbons (Fsp3) is 0.571. The Labute approximate surface area is 176 Å². The summed E-state index contributed by atoms with van der Waals surface area (Å²) in [6, 6.07) is 10.6. The van der Waals surface area contributed by atoms with Crippen LogP contribution in [0.2, 0.25) is 0 Å².